The van der Waals surface area contributed by atoms with E-state index in [2.05, 4.69) is 65.6 Å². The zero-order valence-corrected chi connectivity index (χ0v) is 25.7. The van der Waals surface area contributed by atoms with E-state index in [1.807, 2.05) is 43.3 Å². The van der Waals surface area contributed by atoms with Crippen LogP contribution in [0.5, 0.6) is 17.2 Å². The monoisotopic (exact) mass is 568 g/mol. The molecule has 3 aliphatic rings. The van der Waals surface area contributed by atoms with Gasteiger partial charge in [-0.15, -0.1) is 0 Å². The fourth-order valence-electron chi connectivity index (χ4n) is 4.35. The number of hydrogen-bond acceptors (Lipinski definition) is 5. The third-order valence-electron chi connectivity index (χ3n) is 6.84. The van der Waals surface area contributed by atoms with E-state index < -0.39 is 20.3 Å². The van der Waals surface area contributed by atoms with E-state index >= 15 is 0 Å². The van der Waals surface area contributed by atoms with Gasteiger partial charge in [0, 0.05) is 15.9 Å². The molecule has 0 fully saturated rings. The summed E-state index contributed by atoms with van der Waals surface area (Å²) in [6, 6.07) is 18.2. The van der Waals surface area contributed by atoms with E-state index in [-0.39, 0.29) is 16.8 Å². The van der Waals surface area contributed by atoms with E-state index in [9.17, 15) is 8.42 Å². The molecular weight excluding hydrogens is 528 g/mol. The van der Waals surface area contributed by atoms with Crippen LogP contribution >= 0.6 is 0 Å². The molecule has 2 unspecified atom stereocenters. The van der Waals surface area contributed by atoms with Gasteiger partial charge in [0.2, 0.25) is 0 Å². The normalized spacial score (nSPS) is 20.5. The summed E-state index contributed by atoms with van der Waals surface area (Å²) < 4.78 is 39.2. The summed E-state index contributed by atoms with van der Waals surface area (Å²) in [5.41, 5.74) is 5.38. The fourth-order valence-corrected chi connectivity index (χ4v) is 6.66. The van der Waals surface area contributed by atoms with Crippen LogP contribution in [-0.4, -0.2) is 32.8 Å². The molecular formula is C32H40O5S2. The van der Waals surface area contributed by atoms with Crippen molar-refractivity contribution < 1.29 is 22.6 Å². The van der Waals surface area contributed by atoms with Gasteiger partial charge in [0.05, 0.1) is 27.2 Å². The molecule has 5 nitrogen and oxygen atoms in total. The molecule has 0 aliphatic carbocycles. The maximum absolute atomic E-state index is 12.1. The van der Waals surface area contributed by atoms with Crippen molar-refractivity contribution >= 4 is 26.2 Å². The van der Waals surface area contributed by atoms with Crippen LogP contribution in [0.25, 0.3) is 0 Å². The Morgan fingerprint density at radius 2 is 1.41 bits per heavy atom. The molecule has 0 saturated heterocycles. The quantitative estimate of drug-likeness (QED) is 0.280. The number of rotatable bonds is 0. The van der Waals surface area contributed by atoms with Crippen LogP contribution in [0.1, 0.15) is 63.8 Å². The van der Waals surface area contributed by atoms with Crippen molar-refractivity contribution in [3.05, 3.63) is 76.9 Å². The van der Waals surface area contributed by atoms with Gasteiger partial charge < -0.3 is 14.2 Å². The standard InChI is InChI=1S/C12H16O2S.C12H16O.C8H8O2S/c1-12(2,3)9-5-6-10-11(7-9)15(4,13)8-14-10;1-12(2,3)10-4-5-11-9(8-10)6-7-13-11;1-6-2-3-7-8(4-6)11(9)5-10-7/h5-7H,4,8H2,1-3H3;4-5,8H,6-7H2,1-3H3;2-4H,5H2,1H3. The van der Waals surface area contributed by atoms with Crippen molar-refractivity contribution in [3.8, 4) is 17.2 Å². The minimum atomic E-state index is -2.21. The first-order chi connectivity index (χ1) is 18.1. The van der Waals surface area contributed by atoms with E-state index in [1.54, 1.807) is 0 Å². The first-order valence-electron chi connectivity index (χ1n) is 13.2. The minimum Gasteiger partial charge on any atom is -0.493 e. The lowest BCUT2D eigenvalue weighted by Gasteiger charge is -2.19. The molecule has 0 saturated carbocycles. The van der Waals surface area contributed by atoms with Gasteiger partial charge in [-0.2, -0.15) is 0 Å². The second-order valence-electron chi connectivity index (χ2n) is 12.2. The summed E-state index contributed by atoms with van der Waals surface area (Å²) in [4.78, 5) is 1.61. The van der Waals surface area contributed by atoms with Crippen molar-refractivity contribution in [2.24, 2.45) is 0 Å². The molecule has 0 amide bonds. The minimum absolute atomic E-state index is 0.0626. The van der Waals surface area contributed by atoms with Crippen LogP contribution in [0.4, 0.5) is 0 Å². The third-order valence-corrected chi connectivity index (χ3v) is 9.60. The van der Waals surface area contributed by atoms with Gasteiger partial charge in [0.25, 0.3) is 0 Å². The summed E-state index contributed by atoms with van der Waals surface area (Å²) in [7, 11) is -3.14. The fraction of sp³-hybridized carbons (Fsp3) is 0.406. The Morgan fingerprint density at radius 1 is 0.795 bits per heavy atom. The van der Waals surface area contributed by atoms with Crippen molar-refractivity contribution in [1.29, 1.82) is 0 Å². The number of fused-ring (bicyclic) bond motifs is 3. The van der Waals surface area contributed by atoms with Gasteiger partial charge in [-0.25, -0.2) is 0 Å². The third kappa shape index (κ3) is 6.87. The second-order valence-corrected chi connectivity index (χ2v) is 15.9. The molecule has 0 N–H and O–H groups in total. The van der Waals surface area contributed by atoms with Crippen LogP contribution < -0.4 is 14.2 Å². The average molecular weight is 569 g/mol. The molecule has 2 atom stereocenters. The highest BCUT2D eigenvalue weighted by atomic mass is 32.2. The molecule has 3 aromatic rings. The molecule has 0 aromatic heterocycles. The Kier molecular flexibility index (Phi) is 8.25. The van der Waals surface area contributed by atoms with Crippen molar-refractivity contribution in [1.82, 2.24) is 0 Å². The van der Waals surface area contributed by atoms with Gasteiger partial charge in [0.1, 0.15) is 17.2 Å². The molecule has 210 valence electrons. The maximum atomic E-state index is 12.1. The van der Waals surface area contributed by atoms with Crippen LogP contribution in [0.15, 0.2) is 64.4 Å². The van der Waals surface area contributed by atoms with Gasteiger partial charge in [-0.05, 0) is 76.2 Å². The Labute approximate surface area is 236 Å². The molecule has 7 heteroatoms. The molecule has 3 aliphatic heterocycles. The number of benzene rings is 3. The summed E-state index contributed by atoms with van der Waals surface area (Å²) in [5.74, 6) is 6.85. The molecule has 6 rings (SSSR count). The van der Waals surface area contributed by atoms with Crippen molar-refractivity contribution in [3.63, 3.8) is 0 Å². The first-order valence-corrected chi connectivity index (χ1v) is 16.4. The highest BCUT2D eigenvalue weighted by Crippen LogP contribution is 2.35. The molecule has 0 spiro atoms. The Hall–Kier alpha value is -2.77. The van der Waals surface area contributed by atoms with Gasteiger partial charge in [-0.1, -0.05) is 65.8 Å². The lowest BCUT2D eigenvalue weighted by Crippen LogP contribution is -2.11. The van der Waals surface area contributed by atoms with Crippen LogP contribution in [-0.2, 0) is 37.6 Å². The highest BCUT2D eigenvalue weighted by Gasteiger charge is 2.25. The highest BCUT2D eigenvalue weighted by molar-refractivity contribution is 8.00. The topological polar surface area (TPSA) is 61.8 Å². The lowest BCUT2D eigenvalue weighted by atomic mass is 9.86. The Bertz CT molecular complexity index is 1490. The predicted octanol–water partition coefficient (Wildman–Crippen LogP) is 6.78. The molecule has 3 heterocycles. The van der Waals surface area contributed by atoms with Crippen LogP contribution in [0.2, 0.25) is 0 Å². The predicted molar refractivity (Wildman–Crippen MR) is 162 cm³/mol. The lowest BCUT2D eigenvalue weighted by molar-refractivity contribution is 0.356. The zero-order valence-electron chi connectivity index (χ0n) is 24.1. The average Bonchev–Trinajstić information content (AvgIpc) is 3.56. The number of ether oxygens (including phenoxy) is 3. The molecule has 39 heavy (non-hydrogen) atoms. The van der Waals surface area contributed by atoms with Gasteiger partial charge in [-0.3, -0.25) is 8.42 Å². The van der Waals surface area contributed by atoms with E-state index in [0.29, 0.717) is 5.94 Å². The van der Waals surface area contributed by atoms with E-state index in [1.165, 1.54) is 16.7 Å². The summed E-state index contributed by atoms with van der Waals surface area (Å²) in [5, 5.41) is 0. The van der Waals surface area contributed by atoms with Crippen molar-refractivity contribution in [2.75, 3.05) is 18.5 Å². The largest absolute Gasteiger partial charge is 0.493 e. The van der Waals surface area contributed by atoms with Crippen LogP contribution in [0, 0.1) is 6.92 Å². The summed E-state index contributed by atoms with van der Waals surface area (Å²) in [6.07, 6.45) is 1.07. The van der Waals surface area contributed by atoms with Gasteiger partial charge in [0.15, 0.2) is 11.9 Å². The smallest absolute Gasteiger partial charge is 0.167 e. The van der Waals surface area contributed by atoms with Gasteiger partial charge >= 0.3 is 0 Å². The van der Waals surface area contributed by atoms with E-state index in [0.717, 1.165) is 45.6 Å². The number of aryl methyl sites for hydroxylation is 1. The second kappa shape index (κ2) is 11.0. The molecule has 0 bridgehead atoms. The molecule has 3 aromatic carbocycles. The van der Waals surface area contributed by atoms with Crippen LogP contribution in [0.3, 0.4) is 0 Å². The number of hydrogen-bond donors (Lipinski definition) is 0. The summed E-state index contributed by atoms with van der Waals surface area (Å²) >= 11 is 0. The van der Waals surface area contributed by atoms with Crippen molar-refractivity contribution in [2.45, 2.75) is 75.5 Å². The maximum Gasteiger partial charge on any atom is 0.167 e. The first kappa shape index (κ1) is 29.2. The SMILES string of the molecule is C=S1(=O)COc2ccc(C(C)(C)C)cc21.CC(C)(C)c1ccc2c(c1)CCO2.Cc1ccc2c(c1)S(=O)CO2. The van der Waals surface area contributed by atoms with E-state index in [4.69, 9.17) is 14.2 Å². The summed E-state index contributed by atoms with van der Waals surface area (Å²) in [6.45, 7) is 16.0. The molecule has 0 radical (unpaired) electrons. The zero-order chi connectivity index (χ0) is 28.6. The Morgan fingerprint density at radius 3 is 2.08 bits per heavy atom. The Balaban J connectivity index is 0.000000137.